The van der Waals surface area contributed by atoms with Crippen LogP contribution in [0.25, 0.3) is 0 Å². The minimum absolute atomic E-state index is 0.000421. The van der Waals surface area contributed by atoms with Gasteiger partial charge in [0.25, 0.3) is 5.91 Å². The highest BCUT2D eigenvalue weighted by atomic mass is 16.5. The van der Waals surface area contributed by atoms with Crippen molar-refractivity contribution in [1.82, 2.24) is 4.57 Å². The van der Waals surface area contributed by atoms with Crippen LogP contribution < -0.4 is 10.1 Å². The lowest BCUT2D eigenvalue weighted by molar-refractivity contribution is -0.122. The molecule has 1 aromatic carbocycles. The zero-order valence-electron chi connectivity index (χ0n) is 20.7. The highest BCUT2D eigenvalue weighted by Crippen LogP contribution is 2.40. The maximum Gasteiger partial charge on any atom is 0.266 e. The predicted molar refractivity (Wildman–Crippen MR) is 129 cm³/mol. The van der Waals surface area contributed by atoms with E-state index in [1.54, 1.807) is 6.20 Å². The van der Waals surface area contributed by atoms with Crippen LogP contribution in [0.1, 0.15) is 96.0 Å². The summed E-state index contributed by atoms with van der Waals surface area (Å²) in [5, 5.41) is 21.9. The van der Waals surface area contributed by atoms with Crippen molar-refractivity contribution in [3.8, 4) is 17.9 Å². The van der Waals surface area contributed by atoms with Gasteiger partial charge in [0.1, 0.15) is 29.3 Å². The molecule has 0 radical (unpaired) electrons. The minimum Gasteiger partial charge on any atom is -0.480 e. The quantitative estimate of drug-likeness (QED) is 0.593. The first kappa shape index (κ1) is 24.4. The number of carbonyl (C=O) groups excluding carboxylic acids is 1. The number of hydrogen-bond donors (Lipinski definition) is 1. The molecule has 6 nitrogen and oxygen atoms in total. The van der Waals surface area contributed by atoms with Gasteiger partial charge in [0, 0.05) is 12.2 Å². The lowest BCUT2D eigenvalue weighted by Gasteiger charge is -2.28. The SMILES string of the molecule is CCC(Oc1ccc(C(C)(C)C)cc1C(C)(C)C)C(=O)Nc1c(C#N)c(C#N)cn1C1CC1. The van der Waals surface area contributed by atoms with E-state index in [-0.39, 0.29) is 33.9 Å². The van der Waals surface area contributed by atoms with E-state index in [0.717, 1.165) is 18.4 Å². The number of ether oxygens (including phenoxy) is 1. The first-order valence-electron chi connectivity index (χ1n) is 11.6. The minimum atomic E-state index is -0.730. The Morgan fingerprint density at radius 2 is 1.82 bits per heavy atom. The van der Waals surface area contributed by atoms with Crippen molar-refractivity contribution in [2.24, 2.45) is 0 Å². The summed E-state index contributed by atoms with van der Waals surface area (Å²) in [6.07, 6.45) is 3.34. The summed E-state index contributed by atoms with van der Waals surface area (Å²) in [4.78, 5) is 13.3. The topological polar surface area (TPSA) is 90.8 Å². The molecule has 0 saturated heterocycles. The van der Waals surface area contributed by atoms with Crippen LogP contribution in [-0.2, 0) is 15.6 Å². The number of nitrogens with one attached hydrogen (secondary N) is 1. The second-order valence-corrected chi connectivity index (χ2v) is 10.8. The Kier molecular flexibility index (Phi) is 6.61. The van der Waals surface area contributed by atoms with Crippen molar-refractivity contribution in [3.05, 3.63) is 46.6 Å². The van der Waals surface area contributed by atoms with E-state index < -0.39 is 6.10 Å². The molecule has 0 aliphatic heterocycles. The third-order valence-electron chi connectivity index (χ3n) is 6.03. The molecule has 33 heavy (non-hydrogen) atoms. The normalized spacial score (nSPS) is 14.8. The van der Waals surface area contributed by atoms with E-state index in [1.807, 2.05) is 17.6 Å². The van der Waals surface area contributed by atoms with Crippen molar-refractivity contribution in [2.75, 3.05) is 5.32 Å². The predicted octanol–water partition coefficient (Wildman–Crippen LogP) is 5.96. The zero-order chi connectivity index (χ0) is 24.6. The van der Waals surface area contributed by atoms with E-state index in [4.69, 9.17) is 4.74 Å². The van der Waals surface area contributed by atoms with E-state index in [1.165, 1.54) is 5.56 Å². The molecule has 1 heterocycles. The third kappa shape index (κ3) is 5.22. The van der Waals surface area contributed by atoms with Crippen LogP contribution in [-0.4, -0.2) is 16.6 Å². The molecule has 174 valence electrons. The highest BCUT2D eigenvalue weighted by Gasteiger charge is 2.31. The van der Waals surface area contributed by atoms with Gasteiger partial charge in [-0.15, -0.1) is 0 Å². The number of rotatable bonds is 6. The van der Waals surface area contributed by atoms with Crippen molar-refractivity contribution in [2.45, 2.75) is 90.7 Å². The van der Waals surface area contributed by atoms with E-state index in [0.29, 0.717) is 18.0 Å². The Balaban J connectivity index is 1.91. The molecule has 3 rings (SSSR count). The number of benzene rings is 1. The molecule has 0 bridgehead atoms. The standard InChI is InChI=1S/C27H34N4O2/c1-8-22(33-23-12-9-18(26(2,3)4)13-21(23)27(5,6)7)25(32)30-24-20(15-29)17(14-28)16-31(24)19-10-11-19/h9,12-13,16,19,22H,8,10-11H2,1-7H3,(H,30,32). The largest absolute Gasteiger partial charge is 0.480 e. The van der Waals surface area contributed by atoms with Gasteiger partial charge in [-0.2, -0.15) is 10.5 Å². The van der Waals surface area contributed by atoms with E-state index in [9.17, 15) is 15.3 Å². The summed E-state index contributed by atoms with van der Waals surface area (Å²) >= 11 is 0. The molecule has 1 aromatic heterocycles. The Morgan fingerprint density at radius 1 is 1.15 bits per heavy atom. The Bertz CT molecular complexity index is 1130. The Labute approximate surface area is 197 Å². The molecule has 1 N–H and O–H groups in total. The second-order valence-electron chi connectivity index (χ2n) is 10.8. The molecule has 6 heteroatoms. The van der Waals surface area contributed by atoms with Crippen LogP contribution in [0.15, 0.2) is 24.4 Å². The number of nitrogens with zero attached hydrogens (tertiary/aromatic N) is 3. The van der Waals surface area contributed by atoms with Crippen LogP contribution in [0.4, 0.5) is 5.82 Å². The first-order valence-corrected chi connectivity index (χ1v) is 11.6. The van der Waals surface area contributed by atoms with Gasteiger partial charge >= 0.3 is 0 Å². The lowest BCUT2D eigenvalue weighted by Crippen LogP contribution is -2.34. The van der Waals surface area contributed by atoms with Crippen molar-refractivity contribution >= 4 is 11.7 Å². The monoisotopic (exact) mass is 446 g/mol. The number of nitriles is 2. The second kappa shape index (κ2) is 8.94. The van der Waals surface area contributed by atoms with Crippen LogP contribution in [0.5, 0.6) is 5.75 Å². The molecule has 1 fully saturated rings. The van der Waals surface area contributed by atoms with E-state index in [2.05, 4.69) is 71.1 Å². The van der Waals surface area contributed by atoms with Gasteiger partial charge in [-0.3, -0.25) is 4.79 Å². The maximum absolute atomic E-state index is 13.3. The van der Waals surface area contributed by atoms with Crippen LogP contribution in [0.3, 0.4) is 0 Å². The molecule has 1 saturated carbocycles. The zero-order valence-corrected chi connectivity index (χ0v) is 20.7. The van der Waals surface area contributed by atoms with Gasteiger partial charge < -0.3 is 14.6 Å². The summed E-state index contributed by atoms with van der Waals surface area (Å²) < 4.78 is 8.12. The number of aromatic nitrogens is 1. The number of hydrogen-bond acceptors (Lipinski definition) is 4. The highest BCUT2D eigenvalue weighted by molar-refractivity contribution is 5.95. The fraction of sp³-hybridized carbons (Fsp3) is 0.519. The lowest BCUT2D eigenvalue weighted by atomic mass is 9.80. The molecule has 1 aliphatic rings. The van der Waals surface area contributed by atoms with Crippen LogP contribution >= 0.6 is 0 Å². The molecule has 1 amide bonds. The summed E-state index contributed by atoms with van der Waals surface area (Å²) in [5.41, 5.74) is 2.58. The average molecular weight is 447 g/mol. The first-order chi connectivity index (χ1) is 15.4. The summed E-state index contributed by atoms with van der Waals surface area (Å²) in [7, 11) is 0. The van der Waals surface area contributed by atoms with Crippen LogP contribution in [0, 0.1) is 22.7 Å². The van der Waals surface area contributed by atoms with Gasteiger partial charge in [0.05, 0.1) is 5.56 Å². The molecule has 0 spiro atoms. The smallest absolute Gasteiger partial charge is 0.266 e. The van der Waals surface area contributed by atoms with Gasteiger partial charge in [0.15, 0.2) is 6.10 Å². The molecule has 1 unspecified atom stereocenters. The Hall–Kier alpha value is -3.25. The van der Waals surface area contributed by atoms with Crippen molar-refractivity contribution in [1.29, 1.82) is 10.5 Å². The number of anilines is 1. The van der Waals surface area contributed by atoms with Crippen molar-refractivity contribution in [3.63, 3.8) is 0 Å². The molecular formula is C27H34N4O2. The van der Waals surface area contributed by atoms with Gasteiger partial charge in [-0.05, 0) is 47.3 Å². The average Bonchev–Trinajstić information content (AvgIpc) is 3.52. The Morgan fingerprint density at radius 3 is 2.30 bits per heavy atom. The summed E-state index contributed by atoms with van der Waals surface area (Å²) in [6.45, 7) is 14.8. The maximum atomic E-state index is 13.3. The summed E-state index contributed by atoms with van der Waals surface area (Å²) in [5.74, 6) is 0.759. The summed E-state index contributed by atoms with van der Waals surface area (Å²) in [6, 6.07) is 10.5. The molecule has 1 atom stereocenters. The molecule has 2 aromatic rings. The van der Waals surface area contributed by atoms with Gasteiger partial charge in [-0.1, -0.05) is 60.6 Å². The number of amides is 1. The third-order valence-corrected chi connectivity index (χ3v) is 6.03. The molecule has 1 aliphatic carbocycles. The fourth-order valence-corrected chi connectivity index (χ4v) is 3.85. The van der Waals surface area contributed by atoms with Gasteiger partial charge in [0.2, 0.25) is 0 Å². The van der Waals surface area contributed by atoms with Gasteiger partial charge in [-0.25, -0.2) is 0 Å². The number of carbonyl (C=O) groups is 1. The molecular weight excluding hydrogens is 412 g/mol. The van der Waals surface area contributed by atoms with E-state index >= 15 is 0 Å². The van der Waals surface area contributed by atoms with Crippen LogP contribution in [0.2, 0.25) is 0 Å². The fourth-order valence-electron chi connectivity index (χ4n) is 3.85. The van der Waals surface area contributed by atoms with Crippen molar-refractivity contribution < 1.29 is 9.53 Å².